The first-order valence-corrected chi connectivity index (χ1v) is 8.58. The van der Waals surface area contributed by atoms with Gasteiger partial charge < -0.3 is 5.32 Å². The molecule has 6 nitrogen and oxygen atoms in total. The standard InChI is InChI=1S/C18H15BrN6/c19-16-5-3-6-17-15(16)11-24-18(25-17,13-8-20-12-21-9-13)23-10-14-4-1-2-7-22-14/h1-9,11-12,23,25H,10H2. The second kappa shape index (κ2) is 6.70. The summed E-state index contributed by atoms with van der Waals surface area (Å²) < 4.78 is 0.990. The second-order valence-corrected chi connectivity index (χ2v) is 6.45. The number of aromatic nitrogens is 3. The molecular formula is C18H15BrN6. The van der Waals surface area contributed by atoms with Crippen LogP contribution in [0.2, 0.25) is 0 Å². The Hall–Kier alpha value is -2.64. The maximum absolute atomic E-state index is 4.76. The number of nitrogens with one attached hydrogen (secondary N) is 2. The first-order valence-electron chi connectivity index (χ1n) is 7.79. The highest BCUT2D eigenvalue weighted by Gasteiger charge is 2.34. The topological polar surface area (TPSA) is 75.1 Å². The maximum Gasteiger partial charge on any atom is 0.215 e. The predicted molar refractivity (Wildman–Crippen MR) is 100 cm³/mol. The van der Waals surface area contributed by atoms with Gasteiger partial charge in [0.15, 0.2) is 0 Å². The van der Waals surface area contributed by atoms with Gasteiger partial charge in [-0.1, -0.05) is 28.1 Å². The molecule has 0 bridgehead atoms. The molecule has 0 saturated carbocycles. The molecule has 4 rings (SSSR count). The smallest absolute Gasteiger partial charge is 0.215 e. The lowest BCUT2D eigenvalue weighted by Crippen LogP contribution is -2.49. The minimum absolute atomic E-state index is 0.545. The van der Waals surface area contributed by atoms with E-state index in [9.17, 15) is 0 Å². The van der Waals surface area contributed by atoms with Gasteiger partial charge in [0, 0.05) is 47.1 Å². The summed E-state index contributed by atoms with van der Waals surface area (Å²) in [6, 6.07) is 11.8. The summed E-state index contributed by atoms with van der Waals surface area (Å²) in [6.07, 6.45) is 8.65. The summed E-state index contributed by atoms with van der Waals surface area (Å²) >= 11 is 3.57. The van der Waals surface area contributed by atoms with Gasteiger partial charge in [-0.2, -0.15) is 0 Å². The Kier molecular flexibility index (Phi) is 4.25. The van der Waals surface area contributed by atoms with Gasteiger partial charge in [-0.3, -0.25) is 10.3 Å². The largest absolute Gasteiger partial charge is 0.344 e. The zero-order valence-electron chi connectivity index (χ0n) is 13.2. The average Bonchev–Trinajstić information content (AvgIpc) is 2.68. The highest BCUT2D eigenvalue weighted by Crippen LogP contribution is 2.33. The van der Waals surface area contributed by atoms with Crippen LogP contribution in [0.15, 0.2) is 70.8 Å². The zero-order chi connectivity index (χ0) is 17.1. The lowest BCUT2D eigenvalue weighted by Gasteiger charge is -2.36. The number of pyridine rings is 1. The van der Waals surface area contributed by atoms with Gasteiger partial charge in [0.2, 0.25) is 5.79 Å². The maximum atomic E-state index is 4.76. The van der Waals surface area contributed by atoms with Gasteiger partial charge in [0.25, 0.3) is 0 Å². The van der Waals surface area contributed by atoms with Crippen LogP contribution >= 0.6 is 15.9 Å². The van der Waals surface area contributed by atoms with E-state index in [2.05, 4.69) is 41.5 Å². The van der Waals surface area contributed by atoms with Crippen molar-refractivity contribution in [3.05, 3.63) is 82.6 Å². The number of fused-ring (bicyclic) bond motifs is 1. The summed E-state index contributed by atoms with van der Waals surface area (Å²) in [5.74, 6) is -0.855. The molecule has 0 aliphatic carbocycles. The first kappa shape index (κ1) is 15.9. The van der Waals surface area contributed by atoms with Gasteiger partial charge in [-0.15, -0.1) is 0 Å². The summed E-state index contributed by atoms with van der Waals surface area (Å²) in [7, 11) is 0. The molecule has 7 heteroatoms. The zero-order valence-corrected chi connectivity index (χ0v) is 14.8. The molecule has 1 unspecified atom stereocenters. The highest BCUT2D eigenvalue weighted by atomic mass is 79.9. The van der Waals surface area contributed by atoms with Crippen LogP contribution in [0, 0.1) is 0 Å². The highest BCUT2D eigenvalue weighted by molar-refractivity contribution is 9.10. The van der Waals surface area contributed by atoms with E-state index in [0.29, 0.717) is 6.54 Å². The first-order chi connectivity index (χ1) is 12.3. The molecule has 0 saturated heterocycles. The van der Waals surface area contributed by atoms with Crippen molar-refractivity contribution in [2.24, 2.45) is 4.99 Å². The molecule has 0 fully saturated rings. The number of rotatable bonds is 4. The molecule has 1 atom stereocenters. The summed E-state index contributed by atoms with van der Waals surface area (Å²) in [4.78, 5) is 17.4. The SMILES string of the molecule is Brc1cccc2c1C=NC(NCc1ccccn1)(c1cncnc1)N2. The molecule has 0 spiro atoms. The normalized spacial score (nSPS) is 18.4. The fraction of sp³-hybridized carbons (Fsp3) is 0.111. The van der Waals surface area contributed by atoms with Gasteiger partial charge in [-0.25, -0.2) is 15.0 Å². The number of aliphatic imine (C=N–C) groups is 1. The summed E-state index contributed by atoms with van der Waals surface area (Å²) in [6.45, 7) is 0.545. The van der Waals surface area contributed by atoms with E-state index < -0.39 is 5.79 Å². The lowest BCUT2D eigenvalue weighted by molar-refractivity contribution is 0.389. The second-order valence-electron chi connectivity index (χ2n) is 5.60. The van der Waals surface area contributed by atoms with E-state index in [4.69, 9.17) is 4.99 Å². The lowest BCUT2D eigenvalue weighted by atomic mass is 10.1. The van der Waals surface area contributed by atoms with E-state index >= 15 is 0 Å². The van der Waals surface area contributed by atoms with Crippen molar-refractivity contribution in [2.45, 2.75) is 12.3 Å². The number of anilines is 1. The molecule has 2 aromatic heterocycles. The van der Waals surface area contributed by atoms with Crippen molar-refractivity contribution < 1.29 is 0 Å². The fourth-order valence-corrected chi connectivity index (χ4v) is 3.18. The molecular weight excluding hydrogens is 380 g/mol. The van der Waals surface area contributed by atoms with Crippen molar-refractivity contribution >= 4 is 27.8 Å². The fourth-order valence-electron chi connectivity index (χ4n) is 2.71. The van der Waals surface area contributed by atoms with Crippen LogP contribution in [0.25, 0.3) is 0 Å². The third kappa shape index (κ3) is 3.16. The molecule has 124 valence electrons. The number of nitrogens with zero attached hydrogens (tertiary/aromatic N) is 4. The molecule has 3 heterocycles. The Morgan fingerprint density at radius 3 is 2.76 bits per heavy atom. The van der Waals surface area contributed by atoms with Gasteiger partial charge in [-0.05, 0) is 24.3 Å². The minimum atomic E-state index is -0.855. The van der Waals surface area contributed by atoms with Crippen molar-refractivity contribution in [3.63, 3.8) is 0 Å². The number of benzene rings is 1. The number of hydrogen-bond donors (Lipinski definition) is 2. The Bertz CT molecular complexity index is 900. The van der Waals surface area contributed by atoms with Crippen molar-refractivity contribution in [1.82, 2.24) is 20.3 Å². The van der Waals surface area contributed by atoms with Gasteiger partial charge in [0.1, 0.15) is 6.33 Å². The van der Waals surface area contributed by atoms with Gasteiger partial charge in [0.05, 0.1) is 11.3 Å². The van der Waals surface area contributed by atoms with Crippen molar-refractivity contribution in [3.8, 4) is 0 Å². The van der Waals surface area contributed by atoms with E-state index in [-0.39, 0.29) is 0 Å². The predicted octanol–water partition coefficient (Wildman–Crippen LogP) is 3.08. The monoisotopic (exact) mass is 394 g/mol. The third-order valence-electron chi connectivity index (χ3n) is 3.99. The Morgan fingerprint density at radius 1 is 1.08 bits per heavy atom. The molecule has 0 radical (unpaired) electrons. The van der Waals surface area contributed by atoms with Crippen molar-refractivity contribution in [1.29, 1.82) is 0 Å². The molecule has 1 aliphatic heterocycles. The molecule has 1 aromatic carbocycles. The molecule has 0 amide bonds. The summed E-state index contributed by atoms with van der Waals surface area (Å²) in [5.41, 5.74) is 3.74. The van der Waals surface area contributed by atoms with E-state index in [1.165, 1.54) is 6.33 Å². The molecule has 25 heavy (non-hydrogen) atoms. The quantitative estimate of drug-likeness (QED) is 0.710. The van der Waals surface area contributed by atoms with E-state index in [1.54, 1.807) is 18.6 Å². The van der Waals surface area contributed by atoms with Crippen molar-refractivity contribution in [2.75, 3.05) is 5.32 Å². The third-order valence-corrected chi connectivity index (χ3v) is 4.68. The van der Waals surface area contributed by atoms with E-state index in [0.717, 1.165) is 27.0 Å². The van der Waals surface area contributed by atoms with Crippen LogP contribution in [0.5, 0.6) is 0 Å². The van der Waals surface area contributed by atoms with Crippen LogP contribution < -0.4 is 10.6 Å². The average molecular weight is 395 g/mol. The van der Waals surface area contributed by atoms with E-state index in [1.807, 2.05) is 42.6 Å². The van der Waals surface area contributed by atoms with Crippen LogP contribution in [0.1, 0.15) is 16.8 Å². The van der Waals surface area contributed by atoms with Crippen LogP contribution in [-0.4, -0.2) is 21.2 Å². The molecule has 2 N–H and O–H groups in total. The van der Waals surface area contributed by atoms with Crippen LogP contribution in [-0.2, 0) is 12.3 Å². The molecule has 3 aromatic rings. The Morgan fingerprint density at radius 2 is 1.96 bits per heavy atom. The number of hydrogen-bond acceptors (Lipinski definition) is 6. The van der Waals surface area contributed by atoms with Gasteiger partial charge >= 0.3 is 0 Å². The number of halogens is 1. The Labute approximate surface area is 153 Å². The summed E-state index contributed by atoms with van der Waals surface area (Å²) in [5, 5.41) is 6.95. The van der Waals surface area contributed by atoms with Crippen LogP contribution in [0.3, 0.4) is 0 Å². The Balaban J connectivity index is 1.71. The molecule has 1 aliphatic rings. The van der Waals surface area contributed by atoms with Crippen LogP contribution in [0.4, 0.5) is 5.69 Å². The minimum Gasteiger partial charge on any atom is -0.344 e.